The van der Waals surface area contributed by atoms with Crippen LogP contribution in [-0.4, -0.2) is 46.0 Å². The highest BCUT2D eigenvalue weighted by Crippen LogP contribution is 2.39. The summed E-state index contributed by atoms with van der Waals surface area (Å²) in [5.74, 6) is -0.824. The first-order chi connectivity index (χ1) is 9.63. The van der Waals surface area contributed by atoms with Gasteiger partial charge in [0.15, 0.2) is 0 Å². The largest absolute Gasteiger partial charge is 0.497 e. The minimum absolute atomic E-state index is 0.218. The molecule has 1 unspecified atom stereocenters. The van der Waals surface area contributed by atoms with Crippen molar-refractivity contribution >= 4 is 11.9 Å². The molecular formula is C14H18O6. The second-order valence-corrected chi connectivity index (χ2v) is 4.57. The molecule has 1 heterocycles. The van der Waals surface area contributed by atoms with Crippen LogP contribution >= 0.6 is 0 Å². The molecule has 0 bridgehead atoms. The van der Waals surface area contributed by atoms with Crippen molar-refractivity contribution in [3.63, 3.8) is 0 Å². The maximum atomic E-state index is 12.1. The fraction of sp³-hybridized carbons (Fsp3) is 0.571. The van der Waals surface area contributed by atoms with E-state index < -0.39 is 17.9 Å². The number of carbonyl (C=O) groups excluding carboxylic acids is 2. The highest BCUT2D eigenvalue weighted by Gasteiger charge is 2.42. The molecule has 2 atom stereocenters. The summed E-state index contributed by atoms with van der Waals surface area (Å²) < 4.78 is 20.6. The summed E-state index contributed by atoms with van der Waals surface area (Å²) in [6, 6.07) is 0. The predicted octanol–water partition coefficient (Wildman–Crippen LogP) is 0.968. The number of rotatable bonds is 3. The summed E-state index contributed by atoms with van der Waals surface area (Å²) in [6.07, 6.45) is 2.52. The van der Waals surface area contributed by atoms with E-state index in [0.717, 1.165) is 0 Å². The third-order valence-corrected chi connectivity index (χ3v) is 3.63. The van der Waals surface area contributed by atoms with Crippen LogP contribution in [0.4, 0.5) is 0 Å². The molecule has 0 aromatic carbocycles. The molecule has 1 saturated heterocycles. The zero-order valence-corrected chi connectivity index (χ0v) is 11.8. The van der Waals surface area contributed by atoms with Crippen molar-refractivity contribution in [2.75, 3.05) is 27.9 Å². The molecule has 20 heavy (non-hydrogen) atoms. The summed E-state index contributed by atoms with van der Waals surface area (Å²) >= 11 is 0. The normalized spacial score (nSPS) is 25.2. The molecule has 1 aliphatic heterocycles. The fourth-order valence-electron chi connectivity index (χ4n) is 2.68. The first kappa shape index (κ1) is 14.6. The summed E-state index contributed by atoms with van der Waals surface area (Å²) in [4.78, 5) is 24.0. The van der Waals surface area contributed by atoms with Crippen LogP contribution < -0.4 is 0 Å². The van der Waals surface area contributed by atoms with Gasteiger partial charge in [-0.3, -0.25) is 0 Å². The van der Waals surface area contributed by atoms with E-state index in [1.807, 2.05) is 0 Å². The fourth-order valence-corrected chi connectivity index (χ4v) is 2.68. The molecule has 0 N–H and O–H groups in total. The topological polar surface area (TPSA) is 71.1 Å². The van der Waals surface area contributed by atoms with Gasteiger partial charge in [0.25, 0.3) is 0 Å². The summed E-state index contributed by atoms with van der Waals surface area (Å²) in [5, 5.41) is 0. The van der Waals surface area contributed by atoms with Crippen LogP contribution in [0.3, 0.4) is 0 Å². The van der Waals surface area contributed by atoms with Crippen LogP contribution in [0, 0.1) is 5.92 Å². The first-order valence-electron chi connectivity index (χ1n) is 6.39. The lowest BCUT2D eigenvalue weighted by Crippen LogP contribution is -2.38. The van der Waals surface area contributed by atoms with E-state index in [1.54, 1.807) is 13.2 Å². The van der Waals surface area contributed by atoms with Gasteiger partial charge in [-0.25, -0.2) is 9.59 Å². The number of methoxy groups -OCH3 is 3. The van der Waals surface area contributed by atoms with Crippen molar-refractivity contribution in [2.45, 2.75) is 18.9 Å². The van der Waals surface area contributed by atoms with Gasteiger partial charge in [-0.15, -0.1) is 0 Å². The van der Waals surface area contributed by atoms with Gasteiger partial charge in [0.1, 0.15) is 5.76 Å². The number of carbonyl (C=O) groups is 2. The molecular weight excluding hydrogens is 264 g/mol. The molecule has 1 fully saturated rings. The Morgan fingerprint density at radius 1 is 1.20 bits per heavy atom. The lowest BCUT2D eigenvalue weighted by molar-refractivity contribution is -0.141. The van der Waals surface area contributed by atoms with Crippen LogP contribution in [0.5, 0.6) is 0 Å². The van der Waals surface area contributed by atoms with E-state index in [1.165, 1.54) is 14.2 Å². The van der Waals surface area contributed by atoms with E-state index in [0.29, 0.717) is 30.8 Å². The molecule has 1 aliphatic carbocycles. The monoisotopic (exact) mass is 282 g/mol. The molecule has 2 rings (SSSR count). The number of hydrogen-bond donors (Lipinski definition) is 0. The van der Waals surface area contributed by atoms with E-state index in [9.17, 15) is 9.59 Å². The van der Waals surface area contributed by atoms with Gasteiger partial charge in [-0.2, -0.15) is 0 Å². The average Bonchev–Trinajstić information content (AvgIpc) is 2.51. The van der Waals surface area contributed by atoms with Gasteiger partial charge < -0.3 is 18.9 Å². The average molecular weight is 282 g/mol. The molecule has 6 heteroatoms. The minimum Gasteiger partial charge on any atom is -0.497 e. The van der Waals surface area contributed by atoms with Gasteiger partial charge in [0.2, 0.25) is 0 Å². The van der Waals surface area contributed by atoms with Crippen LogP contribution in [0.15, 0.2) is 23.0 Å². The molecule has 0 aromatic rings. The van der Waals surface area contributed by atoms with Crippen molar-refractivity contribution < 1.29 is 28.5 Å². The van der Waals surface area contributed by atoms with E-state index >= 15 is 0 Å². The van der Waals surface area contributed by atoms with Crippen LogP contribution in [0.1, 0.15) is 12.8 Å². The molecule has 0 saturated carbocycles. The second kappa shape index (κ2) is 6.09. The van der Waals surface area contributed by atoms with Crippen molar-refractivity contribution in [1.29, 1.82) is 0 Å². The Morgan fingerprint density at radius 2 is 1.90 bits per heavy atom. The van der Waals surface area contributed by atoms with Crippen LogP contribution in [0.2, 0.25) is 0 Å². The highest BCUT2D eigenvalue weighted by molar-refractivity contribution is 6.01. The number of ether oxygens (including phenoxy) is 4. The second-order valence-electron chi connectivity index (χ2n) is 4.57. The molecule has 0 amide bonds. The molecule has 110 valence electrons. The van der Waals surface area contributed by atoms with Crippen LogP contribution in [-0.2, 0) is 28.5 Å². The van der Waals surface area contributed by atoms with Gasteiger partial charge in [0, 0.05) is 20.0 Å². The highest BCUT2D eigenvalue weighted by atomic mass is 16.5. The molecule has 0 radical (unpaired) electrons. The lowest BCUT2D eigenvalue weighted by atomic mass is 9.80. The number of esters is 2. The van der Waals surface area contributed by atoms with E-state index in [4.69, 9.17) is 18.9 Å². The number of fused-ring (bicyclic) bond motifs is 1. The van der Waals surface area contributed by atoms with E-state index in [-0.39, 0.29) is 11.7 Å². The maximum absolute atomic E-state index is 12.1. The summed E-state index contributed by atoms with van der Waals surface area (Å²) in [5.41, 5.74) is 0.587. The first-order valence-corrected chi connectivity index (χ1v) is 6.39. The van der Waals surface area contributed by atoms with Crippen molar-refractivity contribution in [2.24, 2.45) is 5.92 Å². The van der Waals surface area contributed by atoms with Crippen LogP contribution in [0.25, 0.3) is 0 Å². The van der Waals surface area contributed by atoms with Gasteiger partial charge in [-0.05, 0) is 6.08 Å². The van der Waals surface area contributed by atoms with Crippen molar-refractivity contribution in [1.82, 2.24) is 0 Å². The smallest absolute Gasteiger partial charge is 0.335 e. The number of allylic oxidation sites excluding steroid dienone is 1. The number of hydrogen-bond acceptors (Lipinski definition) is 6. The third-order valence-electron chi connectivity index (χ3n) is 3.63. The molecule has 0 spiro atoms. The Hall–Kier alpha value is -1.82. The van der Waals surface area contributed by atoms with E-state index in [2.05, 4.69) is 0 Å². The minimum atomic E-state index is -0.548. The molecule has 6 nitrogen and oxygen atoms in total. The van der Waals surface area contributed by atoms with Gasteiger partial charge >= 0.3 is 11.9 Å². The molecule has 0 aromatic heterocycles. The Morgan fingerprint density at radius 3 is 2.50 bits per heavy atom. The Bertz CT molecular complexity index is 476. The predicted molar refractivity (Wildman–Crippen MR) is 68.6 cm³/mol. The molecule has 2 aliphatic rings. The summed E-state index contributed by atoms with van der Waals surface area (Å²) in [7, 11) is 4.15. The Labute approximate surface area is 117 Å². The SMILES string of the molecule is COC(=O)C1=C(C(=O)OC)C2C(=CC1)OCC[C@H]2OC. The van der Waals surface area contributed by atoms with Crippen molar-refractivity contribution in [3.05, 3.63) is 23.0 Å². The Balaban J connectivity index is 2.48. The van der Waals surface area contributed by atoms with Crippen molar-refractivity contribution in [3.8, 4) is 0 Å². The lowest BCUT2D eigenvalue weighted by Gasteiger charge is -2.36. The Kier molecular flexibility index (Phi) is 4.44. The quantitative estimate of drug-likeness (QED) is 0.718. The zero-order valence-electron chi connectivity index (χ0n) is 11.8. The summed E-state index contributed by atoms with van der Waals surface area (Å²) in [6.45, 7) is 0.531. The zero-order chi connectivity index (χ0) is 14.7. The third kappa shape index (κ3) is 2.43. The van der Waals surface area contributed by atoms with Gasteiger partial charge in [-0.1, -0.05) is 0 Å². The van der Waals surface area contributed by atoms with Gasteiger partial charge in [0.05, 0.1) is 44.0 Å². The maximum Gasteiger partial charge on any atom is 0.335 e. The standard InChI is InChI=1S/C14H18O6/c1-17-9-6-7-20-10-5-4-8(13(15)18-2)11(12(9)10)14(16)19-3/h5,9,12H,4,6-7H2,1-3H3/t9-,12?/m1/s1.